The van der Waals surface area contributed by atoms with Gasteiger partial charge in [0.2, 0.25) is 0 Å². The Morgan fingerprint density at radius 2 is 1.70 bits per heavy atom. The number of unbranched alkanes of at least 4 members (excludes halogenated alkanes) is 5. The molecule has 1 aromatic carbocycles. The Morgan fingerprint density at radius 1 is 1.04 bits per heavy atom. The summed E-state index contributed by atoms with van der Waals surface area (Å²) in [6.07, 6.45) is 12.0. The maximum Gasteiger partial charge on any atom is 0.152 e. The van der Waals surface area contributed by atoms with Crippen molar-refractivity contribution < 1.29 is 9.53 Å². The fourth-order valence-electron chi connectivity index (χ4n) is 2.75. The number of thiophene rings is 1. The second-order valence-electron chi connectivity index (χ2n) is 6.58. The number of rotatable bonds is 12. The van der Waals surface area contributed by atoms with Gasteiger partial charge in [-0.2, -0.15) is 0 Å². The van der Waals surface area contributed by atoms with E-state index in [9.17, 15) is 4.79 Å². The minimum Gasteiger partial charge on any atom is -0.494 e. The Kier molecular flexibility index (Phi) is 10.4. The van der Waals surface area contributed by atoms with E-state index in [4.69, 9.17) is 4.74 Å². The number of halogens is 2. The highest BCUT2D eigenvalue weighted by Gasteiger charge is 2.04. The number of ketones is 1. The molecule has 0 atom stereocenters. The molecule has 2 rings (SSSR count). The molecule has 0 bridgehead atoms. The van der Waals surface area contributed by atoms with Crippen molar-refractivity contribution in [3.05, 3.63) is 55.1 Å². The van der Waals surface area contributed by atoms with Crippen molar-refractivity contribution >= 4 is 55.1 Å². The lowest BCUT2D eigenvalue weighted by molar-refractivity contribution is -0.112. The van der Waals surface area contributed by atoms with Crippen molar-refractivity contribution in [2.45, 2.75) is 51.9 Å². The summed E-state index contributed by atoms with van der Waals surface area (Å²) in [5.74, 6) is 0.949. The van der Waals surface area contributed by atoms with Gasteiger partial charge < -0.3 is 4.74 Å². The minimum atomic E-state index is 0.0581. The molecule has 0 unspecified atom stereocenters. The van der Waals surface area contributed by atoms with Crippen LogP contribution in [-0.2, 0) is 11.2 Å². The van der Waals surface area contributed by atoms with Gasteiger partial charge >= 0.3 is 0 Å². The standard InChI is InChI=1S/C22H26Br2O2S/c1-17(25)9-10-18-11-13-20(14-12-18)26-15-7-5-3-2-4-6-8-19-16-21(23)27-22(19)24/h9-14,16H,2-8,15H2,1H3/b10-9+. The number of hydrogen-bond acceptors (Lipinski definition) is 3. The number of aryl methyl sites for hydroxylation is 1. The summed E-state index contributed by atoms with van der Waals surface area (Å²) in [7, 11) is 0. The zero-order chi connectivity index (χ0) is 19.5. The molecule has 0 radical (unpaired) electrons. The molecular weight excluding hydrogens is 488 g/mol. The smallest absolute Gasteiger partial charge is 0.152 e. The van der Waals surface area contributed by atoms with Crippen LogP contribution in [0.4, 0.5) is 0 Å². The number of benzene rings is 1. The van der Waals surface area contributed by atoms with Crippen LogP contribution in [0.1, 0.15) is 56.6 Å². The van der Waals surface area contributed by atoms with Crippen LogP contribution in [-0.4, -0.2) is 12.4 Å². The van der Waals surface area contributed by atoms with Crippen molar-refractivity contribution in [2.24, 2.45) is 0 Å². The van der Waals surface area contributed by atoms with Crippen LogP contribution in [0.25, 0.3) is 6.08 Å². The van der Waals surface area contributed by atoms with Crippen molar-refractivity contribution in [1.29, 1.82) is 0 Å². The Hall–Kier alpha value is -0.910. The number of carbonyl (C=O) groups is 1. The molecule has 27 heavy (non-hydrogen) atoms. The van der Waals surface area contributed by atoms with Crippen LogP contribution >= 0.6 is 43.2 Å². The van der Waals surface area contributed by atoms with Gasteiger partial charge in [0.15, 0.2) is 5.78 Å². The highest BCUT2D eigenvalue weighted by Crippen LogP contribution is 2.32. The molecule has 0 saturated carbocycles. The molecule has 2 aromatic rings. The largest absolute Gasteiger partial charge is 0.494 e. The highest BCUT2D eigenvalue weighted by atomic mass is 79.9. The second kappa shape index (κ2) is 12.5. The first-order valence-electron chi connectivity index (χ1n) is 9.40. The summed E-state index contributed by atoms with van der Waals surface area (Å²) < 4.78 is 8.25. The fraction of sp³-hybridized carbons (Fsp3) is 0.409. The normalized spacial score (nSPS) is 11.2. The molecule has 0 N–H and O–H groups in total. The maximum absolute atomic E-state index is 10.9. The van der Waals surface area contributed by atoms with Crippen LogP contribution < -0.4 is 4.74 Å². The molecule has 0 fully saturated rings. The number of allylic oxidation sites excluding steroid dienone is 1. The molecule has 146 valence electrons. The van der Waals surface area contributed by atoms with Crippen molar-refractivity contribution in [1.82, 2.24) is 0 Å². The van der Waals surface area contributed by atoms with Crippen molar-refractivity contribution in [2.75, 3.05) is 6.61 Å². The summed E-state index contributed by atoms with van der Waals surface area (Å²) in [4.78, 5) is 10.9. The van der Waals surface area contributed by atoms with Gasteiger partial charge in [-0.05, 0) is 93.4 Å². The molecule has 0 saturated heterocycles. The lowest BCUT2D eigenvalue weighted by atomic mass is 10.1. The van der Waals surface area contributed by atoms with Crippen molar-refractivity contribution in [3.63, 3.8) is 0 Å². The van der Waals surface area contributed by atoms with Gasteiger partial charge in [-0.15, -0.1) is 11.3 Å². The molecular formula is C22H26Br2O2S. The van der Waals surface area contributed by atoms with E-state index < -0.39 is 0 Å². The number of carbonyl (C=O) groups excluding carboxylic acids is 1. The SMILES string of the molecule is CC(=O)/C=C/c1ccc(OCCCCCCCCc2cc(Br)sc2Br)cc1. The van der Waals surface area contributed by atoms with Gasteiger partial charge in [-0.3, -0.25) is 4.79 Å². The first-order valence-corrected chi connectivity index (χ1v) is 11.8. The average molecular weight is 514 g/mol. The predicted molar refractivity (Wildman–Crippen MR) is 123 cm³/mol. The number of hydrogen-bond donors (Lipinski definition) is 0. The lowest BCUT2D eigenvalue weighted by Gasteiger charge is -2.06. The molecule has 0 aliphatic rings. The third kappa shape index (κ3) is 9.22. The number of ether oxygens (including phenoxy) is 1. The predicted octanol–water partition coefficient (Wildman–Crippen LogP) is 7.84. The molecule has 1 heterocycles. The van der Waals surface area contributed by atoms with E-state index in [1.54, 1.807) is 24.3 Å². The summed E-state index contributed by atoms with van der Waals surface area (Å²) in [6, 6.07) is 10.1. The van der Waals surface area contributed by atoms with Gasteiger partial charge in [0.25, 0.3) is 0 Å². The van der Waals surface area contributed by atoms with Gasteiger partial charge in [0, 0.05) is 0 Å². The summed E-state index contributed by atoms with van der Waals surface area (Å²) in [5, 5.41) is 0. The zero-order valence-electron chi connectivity index (χ0n) is 15.7. The molecule has 0 spiro atoms. The minimum absolute atomic E-state index is 0.0581. The lowest BCUT2D eigenvalue weighted by Crippen LogP contribution is -1.97. The van der Waals surface area contributed by atoms with Crippen LogP contribution in [0.2, 0.25) is 0 Å². The van der Waals surface area contributed by atoms with Gasteiger partial charge in [-0.1, -0.05) is 43.9 Å². The van der Waals surface area contributed by atoms with E-state index in [0.29, 0.717) is 0 Å². The first-order chi connectivity index (χ1) is 13.0. The molecule has 2 nitrogen and oxygen atoms in total. The average Bonchev–Trinajstić information content (AvgIpc) is 2.96. The van der Waals surface area contributed by atoms with Crippen LogP contribution in [0, 0.1) is 0 Å². The summed E-state index contributed by atoms with van der Waals surface area (Å²) in [6.45, 7) is 2.31. The monoisotopic (exact) mass is 512 g/mol. The fourth-order valence-corrected chi connectivity index (χ4v) is 5.66. The summed E-state index contributed by atoms with van der Waals surface area (Å²) in [5.41, 5.74) is 2.43. The third-order valence-corrected chi connectivity index (χ3v) is 6.69. The molecule has 5 heteroatoms. The zero-order valence-corrected chi connectivity index (χ0v) is 19.7. The van der Waals surface area contributed by atoms with Crippen LogP contribution in [0.15, 0.2) is 44.0 Å². The summed E-state index contributed by atoms with van der Waals surface area (Å²) >= 11 is 8.91. The Labute approximate surface area is 183 Å². The van der Waals surface area contributed by atoms with E-state index in [0.717, 1.165) is 30.8 Å². The maximum atomic E-state index is 10.9. The topological polar surface area (TPSA) is 26.3 Å². The van der Waals surface area contributed by atoms with Crippen LogP contribution in [0.5, 0.6) is 5.75 Å². The van der Waals surface area contributed by atoms with Gasteiger partial charge in [0.05, 0.1) is 14.2 Å². The van der Waals surface area contributed by atoms with E-state index in [-0.39, 0.29) is 5.78 Å². The third-order valence-electron chi connectivity index (χ3n) is 4.23. The van der Waals surface area contributed by atoms with E-state index in [2.05, 4.69) is 37.9 Å². The quantitative estimate of drug-likeness (QED) is 0.213. The molecule has 0 aliphatic heterocycles. The van der Waals surface area contributed by atoms with E-state index in [1.807, 2.05) is 30.3 Å². The Balaban J connectivity index is 1.49. The van der Waals surface area contributed by atoms with Crippen LogP contribution in [0.3, 0.4) is 0 Å². The molecule has 0 amide bonds. The molecule has 0 aliphatic carbocycles. The Morgan fingerprint density at radius 3 is 2.33 bits per heavy atom. The van der Waals surface area contributed by atoms with Crippen molar-refractivity contribution in [3.8, 4) is 5.75 Å². The Bertz CT molecular complexity index is 735. The van der Waals surface area contributed by atoms with E-state index in [1.165, 1.54) is 45.2 Å². The van der Waals surface area contributed by atoms with Gasteiger partial charge in [0.1, 0.15) is 5.75 Å². The highest BCUT2D eigenvalue weighted by molar-refractivity contribution is 9.12. The van der Waals surface area contributed by atoms with Gasteiger partial charge in [-0.25, -0.2) is 0 Å². The van der Waals surface area contributed by atoms with E-state index >= 15 is 0 Å². The second-order valence-corrected chi connectivity index (χ2v) is 10.3. The molecule has 1 aromatic heterocycles. The first kappa shape index (κ1) is 22.4.